The van der Waals surface area contributed by atoms with Crippen LogP contribution in [0, 0.1) is 10.1 Å². The van der Waals surface area contributed by atoms with E-state index in [4.69, 9.17) is 0 Å². The number of hydrogen-bond donors (Lipinski definition) is 0. The topological polar surface area (TPSA) is 68.5 Å². The summed E-state index contributed by atoms with van der Waals surface area (Å²) in [7, 11) is 1.67. The van der Waals surface area contributed by atoms with Gasteiger partial charge in [-0.15, -0.1) is 13.2 Å². The van der Waals surface area contributed by atoms with Gasteiger partial charge < -0.3 is 9.64 Å². The van der Waals surface area contributed by atoms with Crippen molar-refractivity contribution in [3.63, 3.8) is 0 Å². The average Bonchev–Trinajstić information content (AvgIpc) is 2.46. The smallest absolute Gasteiger partial charge is 0.406 e. The van der Waals surface area contributed by atoms with Gasteiger partial charge in [-0.3, -0.25) is 10.1 Å². The van der Waals surface area contributed by atoms with E-state index in [9.17, 15) is 23.3 Å². The highest BCUT2D eigenvalue weighted by Crippen LogP contribution is 2.24. The molecule has 1 aromatic carbocycles. The fraction of sp³-hybridized carbons (Fsp3) is 0.214. The number of nitrogens with zero attached hydrogens (tertiary/aromatic N) is 3. The molecule has 0 aliphatic rings. The van der Waals surface area contributed by atoms with Crippen molar-refractivity contribution in [2.45, 2.75) is 12.9 Å². The molecule has 0 spiro atoms. The van der Waals surface area contributed by atoms with Gasteiger partial charge in [-0.2, -0.15) is 0 Å². The molecule has 6 nitrogen and oxygen atoms in total. The van der Waals surface area contributed by atoms with Crippen molar-refractivity contribution in [2.24, 2.45) is 0 Å². The van der Waals surface area contributed by atoms with Crippen molar-refractivity contribution >= 4 is 11.5 Å². The molecule has 23 heavy (non-hydrogen) atoms. The number of pyridine rings is 1. The predicted molar refractivity (Wildman–Crippen MR) is 76.1 cm³/mol. The number of ether oxygens (including phenoxy) is 1. The molecule has 0 saturated heterocycles. The van der Waals surface area contributed by atoms with E-state index in [1.54, 1.807) is 18.0 Å². The quantitative estimate of drug-likeness (QED) is 0.621. The molecule has 2 aromatic rings. The summed E-state index contributed by atoms with van der Waals surface area (Å²) >= 11 is 0. The van der Waals surface area contributed by atoms with E-state index in [1.807, 2.05) is 0 Å². The Bertz CT molecular complexity index is 690. The Morgan fingerprint density at radius 3 is 2.61 bits per heavy atom. The minimum absolute atomic E-state index is 0.136. The zero-order chi connectivity index (χ0) is 17.0. The molecule has 0 atom stereocenters. The zero-order valence-corrected chi connectivity index (χ0v) is 11.9. The number of anilines is 1. The monoisotopic (exact) mass is 327 g/mol. The van der Waals surface area contributed by atoms with Gasteiger partial charge >= 0.3 is 6.36 Å². The summed E-state index contributed by atoms with van der Waals surface area (Å²) in [6.45, 7) is 0.264. The lowest BCUT2D eigenvalue weighted by atomic mass is 10.2. The van der Waals surface area contributed by atoms with E-state index in [-0.39, 0.29) is 18.0 Å². The molecule has 0 bridgehead atoms. The maximum Gasteiger partial charge on any atom is 0.573 e. The molecule has 0 unspecified atom stereocenters. The first-order valence-electron chi connectivity index (χ1n) is 6.41. The van der Waals surface area contributed by atoms with Crippen LogP contribution in [0.15, 0.2) is 42.6 Å². The largest absolute Gasteiger partial charge is 0.573 e. The summed E-state index contributed by atoms with van der Waals surface area (Å²) in [5.74, 6) is 0.151. The summed E-state index contributed by atoms with van der Waals surface area (Å²) in [5, 5.41) is 10.6. The van der Waals surface area contributed by atoms with Gasteiger partial charge in [0.1, 0.15) is 17.8 Å². The molecule has 0 aliphatic carbocycles. The molecule has 0 saturated carbocycles. The fourth-order valence-corrected chi connectivity index (χ4v) is 1.91. The van der Waals surface area contributed by atoms with E-state index >= 15 is 0 Å². The van der Waals surface area contributed by atoms with Crippen LogP contribution < -0.4 is 9.64 Å². The first-order chi connectivity index (χ1) is 10.7. The van der Waals surface area contributed by atoms with Crippen LogP contribution in [0.1, 0.15) is 5.56 Å². The van der Waals surface area contributed by atoms with Crippen LogP contribution in [0.5, 0.6) is 5.75 Å². The van der Waals surface area contributed by atoms with Gasteiger partial charge in [0.2, 0.25) is 0 Å². The van der Waals surface area contributed by atoms with Crippen molar-refractivity contribution in [1.29, 1.82) is 0 Å². The van der Waals surface area contributed by atoms with Crippen molar-refractivity contribution in [3.05, 3.63) is 58.3 Å². The predicted octanol–water partition coefficient (Wildman–Crippen LogP) is 3.52. The van der Waals surface area contributed by atoms with Crippen LogP contribution in [-0.2, 0) is 6.54 Å². The number of alkyl halides is 3. The lowest BCUT2D eigenvalue weighted by Crippen LogP contribution is -2.19. The Labute approximate surface area is 129 Å². The summed E-state index contributed by atoms with van der Waals surface area (Å²) in [6, 6.07) is 8.35. The molecule has 0 fully saturated rings. The standard InChI is InChI=1S/C14H12F3N3O3/c1-19(13-6-5-11(8-18-13)20(21)22)9-10-3-2-4-12(7-10)23-14(15,16)17/h2-8H,9H2,1H3. The Balaban J connectivity index is 2.09. The summed E-state index contributed by atoms with van der Waals surface area (Å²) in [6.07, 6.45) is -3.63. The maximum absolute atomic E-state index is 12.2. The van der Waals surface area contributed by atoms with Crippen LogP contribution in [-0.4, -0.2) is 23.3 Å². The van der Waals surface area contributed by atoms with Gasteiger partial charge in [-0.25, -0.2) is 4.98 Å². The number of halogens is 3. The molecular weight excluding hydrogens is 315 g/mol. The molecule has 0 radical (unpaired) electrons. The van der Waals surface area contributed by atoms with Crippen LogP contribution in [0.2, 0.25) is 0 Å². The lowest BCUT2D eigenvalue weighted by molar-refractivity contribution is -0.385. The third-order valence-corrected chi connectivity index (χ3v) is 2.89. The molecule has 9 heteroatoms. The van der Waals surface area contributed by atoms with Gasteiger partial charge in [0, 0.05) is 19.7 Å². The highest BCUT2D eigenvalue weighted by Gasteiger charge is 2.31. The SMILES string of the molecule is CN(Cc1cccc(OC(F)(F)F)c1)c1ccc([N+](=O)[O-])cn1. The molecule has 122 valence electrons. The van der Waals surface area contributed by atoms with Gasteiger partial charge in [0.05, 0.1) is 4.92 Å². The minimum Gasteiger partial charge on any atom is -0.406 e. The zero-order valence-electron chi connectivity index (χ0n) is 11.9. The normalized spacial score (nSPS) is 11.1. The van der Waals surface area contributed by atoms with E-state index < -0.39 is 11.3 Å². The van der Waals surface area contributed by atoms with Crippen molar-refractivity contribution in [2.75, 3.05) is 11.9 Å². The van der Waals surface area contributed by atoms with E-state index in [1.165, 1.54) is 30.3 Å². The van der Waals surface area contributed by atoms with Gasteiger partial charge in [-0.1, -0.05) is 12.1 Å². The molecule has 2 rings (SSSR count). The average molecular weight is 327 g/mol. The second-order valence-corrected chi connectivity index (χ2v) is 4.68. The Kier molecular flexibility index (Phi) is 4.68. The van der Waals surface area contributed by atoms with Crippen molar-refractivity contribution in [3.8, 4) is 5.75 Å². The highest BCUT2D eigenvalue weighted by molar-refractivity contribution is 5.43. The van der Waals surface area contributed by atoms with Crippen molar-refractivity contribution in [1.82, 2.24) is 4.98 Å². The molecular formula is C14H12F3N3O3. The fourth-order valence-electron chi connectivity index (χ4n) is 1.91. The number of hydrogen-bond acceptors (Lipinski definition) is 5. The van der Waals surface area contributed by atoms with Crippen LogP contribution >= 0.6 is 0 Å². The Hall–Kier alpha value is -2.84. The van der Waals surface area contributed by atoms with Crippen LogP contribution in [0.25, 0.3) is 0 Å². The molecule has 0 amide bonds. The second kappa shape index (κ2) is 6.51. The van der Waals surface area contributed by atoms with Crippen molar-refractivity contribution < 1.29 is 22.8 Å². The number of nitro groups is 1. The number of rotatable bonds is 5. The van der Waals surface area contributed by atoms with Gasteiger partial charge in [0.25, 0.3) is 5.69 Å². The molecule has 1 aromatic heterocycles. The minimum atomic E-state index is -4.75. The lowest BCUT2D eigenvalue weighted by Gasteiger charge is -2.18. The van der Waals surface area contributed by atoms with E-state index in [0.29, 0.717) is 11.4 Å². The van der Waals surface area contributed by atoms with E-state index in [2.05, 4.69) is 9.72 Å². The maximum atomic E-state index is 12.2. The summed E-state index contributed by atoms with van der Waals surface area (Å²) < 4.78 is 40.5. The number of benzene rings is 1. The van der Waals surface area contributed by atoms with Crippen LogP contribution in [0.4, 0.5) is 24.7 Å². The third kappa shape index (κ3) is 4.83. The second-order valence-electron chi connectivity index (χ2n) is 4.68. The molecule has 0 aliphatic heterocycles. The van der Waals surface area contributed by atoms with Gasteiger partial charge in [-0.05, 0) is 23.8 Å². The Morgan fingerprint density at radius 1 is 1.30 bits per heavy atom. The number of aromatic nitrogens is 1. The summed E-state index contributed by atoms with van der Waals surface area (Å²) in [5.41, 5.74) is 0.442. The van der Waals surface area contributed by atoms with Gasteiger partial charge in [0.15, 0.2) is 0 Å². The Morgan fingerprint density at radius 2 is 2.04 bits per heavy atom. The first kappa shape index (κ1) is 16.5. The van der Waals surface area contributed by atoms with Crippen LogP contribution in [0.3, 0.4) is 0 Å². The highest BCUT2D eigenvalue weighted by atomic mass is 19.4. The van der Waals surface area contributed by atoms with E-state index in [0.717, 1.165) is 6.20 Å². The third-order valence-electron chi connectivity index (χ3n) is 2.89. The summed E-state index contributed by atoms with van der Waals surface area (Å²) in [4.78, 5) is 15.6. The molecule has 0 N–H and O–H groups in total. The first-order valence-corrected chi connectivity index (χ1v) is 6.41. The molecule has 1 heterocycles.